The smallest absolute Gasteiger partial charge is 0.0906 e. The molecule has 1 aliphatic heterocycles. The van der Waals surface area contributed by atoms with E-state index in [0.29, 0.717) is 5.92 Å². The van der Waals surface area contributed by atoms with Crippen molar-refractivity contribution in [3.05, 3.63) is 223 Å². The Morgan fingerprint density at radius 1 is 0.467 bits per heavy atom. The molecule has 0 bridgehead atoms. The number of aryl methyl sites for hydroxylation is 1. The molecular formula is C55H41N5. The van der Waals surface area contributed by atoms with Crippen LogP contribution in [0.4, 0.5) is 0 Å². The van der Waals surface area contributed by atoms with E-state index in [9.17, 15) is 0 Å². The van der Waals surface area contributed by atoms with Gasteiger partial charge >= 0.3 is 0 Å². The zero-order valence-electron chi connectivity index (χ0n) is 33.0. The molecular weight excluding hydrogens is 731 g/mol. The van der Waals surface area contributed by atoms with Gasteiger partial charge in [-0.25, -0.2) is 9.97 Å². The van der Waals surface area contributed by atoms with E-state index in [-0.39, 0.29) is 6.04 Å². The van der Waals surface area contributed by atoms with Gasteiger partial charge < -0.3 is 5.32 Å². The van der Waals surface area contributed by atoms with E-state index in [1.54, 1.807) is 0 Å². The van der Waals surface area contributed by atoms with Crippen molar-refractivity contribution in [1.29, 1.82) is 0 Å². The number of nitrogens with one attached hydrogen (secondary N) is 1. The van der Waals surface area contributed by atoms with Crippen LogP contribution >= 0.6 is 0 Å². The molecule has 4 aromatic heterocycles. The quantitative estimate of drug-likeness (QED) is 0.175. The first-order chi connectivity index (χ1) is 29.7. The van der Waals surface area contributed by atoms with Crippen LogP contribution < -0.4 is 5.32 Å². The van der Waals surface area contributed by atoms with Gasteiger partial charge in [0, 0.05) is 46.3 Å². The Bertz CT molecular complexity index is 2850. The first-order valence-electron chi connectivity index (χ1n) is 20.8. The Morgan fingerprint density at radius 2 is 1.18 bits per heavy atom. The van der Waals surface area contributed by atoms with Crippen LogP contribution in [0.3, 0.4) is 0 Å². The fraction of sp³-hybridized carbons (Fsp3) is 0.0909. The molecule has 5 nitrogen and oxygen atoms in total. The summed E-state index contributed by atoms with van der Waals surface area (Å²) in [7, 11) is 0. The Kier molecular flexibility index (Phi) is 9.12. The minimum Gasteiger partial charge on any atom is -0.376 e. The molecule has 286 valence electrons. The van der Waals surface area contributed by atoms with Gasteiger partial charge in [0.2, 0.25) is 0 Å². The van der Waals surface area contributed by atoms with Crippen LogP contribution in [0.25, 0.3) is 73.0 Å². The highest BCUT2D eigenvalue weighted by Crippen LogP contribution is 2.48. The van der Waals surface area contributed by atoms with E-state index in [1.807, 2.05) is 36.7 Å². The van der Waals surface area contributed by atoms with Gasteiger partial charge in [-0.05, 0) is 107 Å². The summed E-state index contributed by atoms with van der Waals surface area (Å²) in [6.07, 6.45) is 13.5. The summed E-state index contributed by atoms with van der Waals surface area (Å²) in [5.41, 5.74) is 19.9. The third-order valence-electron chi connectivity index (χ3n) is 12.1. The van der Waals surface area contributed by atoms with Crippen molar-refractivity contribution >= 4 is 5.57 Å². The van der Waals surface area contributed by atoms with Gasteiger partial charge in [0.05, 0.1) is 40.2 Å². The second kappa shape index (κ2) is 15.3. The normalized spacial score (nSPS) is 16.6. The van der Waals surface area contributed by atoms with E-state index < -0.39 is 0 Å². The molecule has 1 N–H and O–H groups in total. The Morgan fingerprint density at radius 3 is 1.97 bits per heavy atom. The summed E-state index contributed by atoms with van der Waals surface area (Å²) >= 11 is 0. The lowest BCUT2D eigenvalue weighted by Gasteiger charge is -2.41. The van der Waals surface area contributed by atoms with E-state index in [1.165, 1.54) is 28.0 Å². The van der Waals surface area contributed by atoms with Crippen molar-refractivity contribution in [3.63, 3.8) is 0 Å². The van der Waals surface area contributed by atoms with Gasteiger partial charge in [-0.15, -0.1) is 0 Å². The van der Waals surface area contributed by atoms with Crippen molar-refractivity contribution in [3.8, 4) is 67.4 Å². The van der Waals surface area contributed by atoms with Crippen LogP contribution in [0.5, 0.6) is 0 Å². The zero-order valence-corrected chi connectivity index (χ0v) is 33.0. The molecule has 11 rings (SSSR count). The average Bonchev–Trinajstić information content (AvgIpc) is 3.34. The molecule has 0 fully saturated rings. The van der Waals surface area contributed by atoms with E-state index in [2.05, 4.69) is 168 Å². The SMILES string of the molecule is C1=CCC2C(=C1)NC1C(=C2c2ccccc2)CCc2ccc(-c3cccc(-c4cc(-c5ccc(-c6ccccn6)cc5)nc(-c5ccc(-c6ccccc6)cn5)c4)c3)nc21. The maximum Gasteiger partial charge on any atom is 0.0906 e. The molecule has 8 aromatic rings. The predicted molar refractivity (Wildman–Crippen MR) is 243 cm³/mol. The summed E-state index contributed by atoms with van der Waals surface area (Å²) in [4.78, 5) is 20.2. The largest absolute Gasteiger partial charge is 0.376 e. The average molecular weight is 772 g/mol. The van der Waals surface area contributed by atoms with Gasteiger partial charge in [0.25, 0.3) is 0 Å². The van der Waals surface area contributed by atoms with Crippen LogP contribution in [-0.2, 0) is 6.42 Å². The highest BCUT2D eigenvalue weighted by Gasteiger charge is 2.38. The molecule has 5 heteroatoms. The Balaban J connectivity index is 0.982. The lowest BCUT2D eigenvalue weighted by molar-refractivity contribution is 0.523. The van der Waals surface area contributed by atoms with Crippen molar-refractivity contribution in [2.75, 3.05) is 0 Å². The fourth-order valence-electron chi connectivity index (χ4n) is 9.12. The molecule has 2 unspecified atom stereocenters. The fourth-order valence-corrected chi connectivity index (χ4v) is 9.12. The molecule has 0 radical (unpaired) electrons. The van der Waals surface area contributed by atoms with Crippen LogP contribution in [-0.4, -0.2) is 19.9 Å². The van der Waals surface area contributed by atoms with Crippen molar-refractivity contribution in [1.82, 2.24) is 25.3 Å². The molecule has 60 heavy (non-hydrogen) atoms. The summed E-state index contributed by atoms with van der Waals surface area (Å²) in [5.74, 6) is 0.344. The Labute approximate surface area is 350 Å². The number of nitrogens with zero attached hydrogens (tertiary/aromatic N) is 4. The first-order valence-corrected chi connectivity index (χ1v) is 20.8. The lowest BCUT2D eigenvalue weighted by Crippen LogP contribution is -2.37. The number of benzene rings is 4. The summed E-state index contributed by atoms with van der Waals surface area (Å²) < 4.78 is 0. The highest BCUT2D eigenvalue weighted by atomic mass is 15.0. The zero-order chi connectivity index (χ0) is 39.8. The molecule has 2 aliphatic carbocycles. The van der Waals surface area contributed by atoms with Crippen LogP contribution in [0.15, 0.2) is 206 Å². The number of rotatable bonds is 7. The van der Waals surface area contributed by atoms with Crippen molar-refractivity contribution in [2.45, 2.75) is 25.3 Å². The topological polar surface area (TPSA) is 63.6 Å². The minimum absolute atomic E-state index is 0.0382. The third-order valence-corrected chi connectivity index (χ3v) is 12.1. The van der Waals surface area contributed by atoms with Crippen molar-refractivity contribution in [2.24, 2.45) is 5.92 Å². The van der Waals surface area contributed by atoms with Crippen LogP contribution in [0.2, 0.25) is 0 Å². The van der Waals surface area contributed by atoms with Gasteiger partial charge in [-0.3, -0.25) is 9.97 Å². The molecule has 4 aromatic carbocycles. The van der Waals surface area contributed by atoms with Gasteiger partial charge in [0.15, 0.2) is 0 Å². The maximum atomic E-state index is 5.50. The molecule has 2 atom stereocenters. The van der Waals surface area contributed by atoms with Crippen LogP contribution in [0, 0.1) is 5.92 Å². The summed E-state index contributed by atoms with van der Waals surface area (Å²) in [6.45, 7) is 0. The number of allylic oxidation sites excluding steroid dienone is 4. The minimum atomic E-state index is 0.0382. The number of hydrogen-bond acceptors (Lipinski definition) is 5. The molecule has 0 saturated heterocycles. The number of hydrogen-bond donors (Lipinski definition) is 1. The molecule has 0 spiro atoms. The van der Waals surface area contributed by atoms with Gasteiger partial charge in [-0.1, -0.05) is 133 Å². The standard InChI is InChI=1S/C55H41N5/c1-3-12-36(13-4-1)43-27-30-50(57-35-43)52-34-44(33-51(58-52)38-23-21-37(22-24-38)47-19-9-10-31-56-47)41-16-11-17-42(32-41)48-29-26-40-25-28-46-53(39-14-5-2-6-15-39)45-18-7-8-20-49(45)60-55(46)54(40)59-48/h1-17,19-24,26-27,29-35,45,55,60H,18,25,28H2. The lowest BCUT2D eigenvalue weighted by atomic mass is 9.72. The molecule has 0 amide bonds. The molecule has 3 aliphatic rings. The number of fused-ring (bicyclic) bond motifs is 4. The van der Waals surface area contributed by atoms with Crippen molar-refractivity contribution < 1.29 is 0 Å². The molecule has 0 saturated carbocycles. The van der Waals surface area contributed by atoms with E-state index >= 15 is 0 Å². The first kappa shape index (κ1) is 35.6. The number of pyridine rings is 4. The monoisotopic (exact) mass is 771 g/mol. The van der Waals surface area contributed by atoms with Gasteiger partial charge in [0.1, 0.15) is 0 Å². The highest BCUT2D eigenvalue weighted by molar-refractivity contribution is 5.80. The Hall–Kier alpha value is -7.50. The van der Waals surface area contributed by atoms with E-state index in [0.717, 1.165) is 92.4 Å². The van der Waals surface area contributed by atoms with Gasteiger partial charge in [-0.2, -0.15) is 0 Å². The number of aromatic nitrogens is 4. The van der Waals surface area contributed by atoms with Crippen LogP contribution in [0.1, 0.15) is 35.7 Å². The van der Waals surface area contributed by atoms with E-state index in [4.69, 9.17) is 15.0 Å². The third kappa shape index (κ3) is 6.74. The molecule has 5 heterocycles. The summed E-state index contributed by atoms with van der Waals surface area (Å²) in [6, 6.07) is 57.7. The summed E-state index contributed by atoms with van der Waals surface area (Å²) in [5, 5.41) is 3.97. The maximum absolute atomic E-state index is 5.50. The predicted octanol–water partition coefficient (Wildman–Crippen LogP) is 12.8. The second-order valence-corrected chi connectivity index (χ2v) is 15.8. The second-order valence-electron chi connectivity index (χ2n) is 15.8.